The summed E-state index contributed by atoms with van der Waals surface area (Å²) in [6.07, 6.45) is 0. The highest BCUT2D eigenvalue weighted by molar-refractivity contribution is 9.10. The van der Waals surface area contributed by atoms with Crippen molar-refractivity contribution in [2.75, 3.05) is 7.05 Å². The normalized spacial score (nSPS) is 12.5. The molecule has 0 aliphatic carbocycles. The zero-order valence-electron chi connectivity index (χ0n) is 10.7. The molecular formula is C15H14BrCl2N. The lowest BCUT2D eigenvalue weighted by Gasteiger charge is -2.20. The average Bonchev–Trinajstić information content (AvgIpc) is 2.34. The summed E-state index contributed by atoms with van der Waals surface area (Å²) in [7, 11) is 1.92. The molecule has 2 aromatic carbocycles. The molecule has 0 saturated heterocycles. The molecule has 0 bridgehead atoms. The third-order valence-electron chi connectivity index (χ3n) is 3.03. The zero-order valence-corrected chi connectivity index (χ0v) is 13.8. The van der Waals surface area contributed by atoms with E-state index in [1.165, 1.54) is 5.56 Å². The molecule has 1 unspecified atom stereocenters. The molecule has 0 heterocycles. The van der Waals surface area contributed by atoms with Crippen molar-refractivity contribution < 1.29 is 0 Å². The first kappa shape index (κ1) is 14.9. The highest BCUT2D eigenvalue weighted by atomic mass is 79.9. The summed E-state index contributed by atoms with van der Waals surface area (Å²) >= 11 is 15.9. The molecule has 1 atom stereocenters. The van der Waals surface area contributed by atoms with Gasteiger partial charge in [0.15, 0.2) is 0 Å². The minimum atomic E-state index is 0.0275. The van der Waals surface area contributed by atoms with Gasteiger partial charge in [0.05, 0.1) is 6.04 Å². The third kappa shape index (κ3) is 3.32. The molecule has 0 spiro atoms. The Hall–Kier alpha value is -0.540. The van der Waals surface area contributed by atoms with Crippen LogP contribution in [0.15, 0.2) is 40.9 Å². The van der Waals surface area contributed by atoms with Gasteiger partial charge in [-0.3, -0.25) is 0 Å². The maximum absolute atomic E-state index is 6.30. The largest absolute Gasteiger partial charge is 0.309 e. The molecule has 0 saturated carbocycles. The summed E-state index contributed by atoms with van der Waals surface area (Å²) in [6.45, 7) is 2.07. The van der Waals surface area contributed by atoms with Gasteiger partial charge in [0.1, 0.15) is 0 Å². The maximum Gasteiger partial charge on any atom is 0.0600 e. The Morgan fingerprint density at radius 3 is 2.32 bits per heavy atom. The first-order chi connectivity index (χ1) is 9.02. The first-order valence-corrected chi connectivity index (χ1v) is 7.46. The number of aryl methyl sites for hydroxylation is 1. The third-order valence-corrected chi connectivity index (χ3v) is 4.28. The molecule has 0 amide bonds. The van der Waals surface area contributed by atoms with E-state index in [1.54, 1.807) is 6.07 Å². The number of nitrogens with one attached hydrogen (secondary N) is 1. The fraction of sp³-hybridized carbons (Fsp3) is 0.200. The van der Waals surface area contributed by atoms with Crippen molar-refractivity contribution in [2.45, 2.75) is 13.0 Å². The topological polar surface area (TPSA) is 12.0 Å². The molecule has 0 radical (unpaired) electrons. The molecule has 2 rings (SSSR count). The van der Waals surface area contributed by atoms with E-state index in [1.807, 2.05) is 19.2 Å². The van der Waals surface area contributed by atoms with E-state index in [0.29, 0.717) is 10.0 Å². The summed E-state index contributed by atoms with van der Waals surface area (Å²) in [4.78, 5) is 0. The molecule has 0 aliphatic heterocycles. The molecule has 1 N–H and O–H groups in total. The van der Waals surface area contributed by atoms with E-state index in [2.05, 4.69) is 46.4 Å². The lowest BCUT2D eigenvalue weighted by atomic mass is 9.98. The van der Waals surface area contributed by atoms with Gasteiger partial charge in [0, 0.05) is 14.5 Å². The van der Waals surface area contributed by atoms with Crippen molar-refractivity contribution in [1.82, 2.24) is 5.32 Å². The molecule has 1 nitrogen and oxygen atoms in total. The quantitative estimate of drug-likeness (QED) is 0.777. The summed E-state index contributed by atoms with van der Waals surface area (Å²) in [6, 6.07) is 11.9. The zero-order chi connectivity index (χ0) is 14.0. The lowest BCUT2D eigenvalue weighted by Crippen LogP contribution is -2.18. The van der Waals surface area contributed by atoms with Crippen LogP contribution in [0.4, 0.5) is 0 Å². The Balaban J connectivity index is 2.50. The predicted molar refractivity (Wildman–Crippen MR) is 86.2 cm³/mol. The fourth-order valence-electron chi connectivity index (χ4n) is 2.08. The predicted octanol–water partition coefficient (Wildman–Crippen LogP) is 5.37. The second kappa shape index (κ2) is 6.27. The number of hydrogen-bond acceptors (Lipinski definition) is 1. The molecule has 0 aliphatic rings. The maximum atomic E-state index is 6.30. The summed E-state index contributed by atoms with van der Waals surface area (Å²) in [5, 5.41) is 4.61. The van der Waals surface area contributed by atoms with Crippen molar-refractivity contribution in [3.8, 4) is 0 Å². The van der Waals surface area contributed by atoms with Crippen LogP contribution in [-0.2, 0) is 0 Å². The molecule has 100 valence electrons. The average molecular weight is 359 g/mol. The Morgan fingerprint density at radius 2 is 1.74 bits per heavy atom. The van der Waals surface area contributed by atoms with Crippen LogP contribution in [0.2, 0.25) is 10.0 Å². The number of benzene rings is 2. The highest BCUT2D eigenvalue weighted by Gasteiger charge is 2.17. The van der Waals surface area contributed by atoms with Gasteiger partial charge in [-0.1, -0.05) is 57.3 Å². The van der Waals surface area contributed by atoms with Gasteiger partial charge >= 0.3 is 0 Å². The number of rotatable bonds is 3. The van der Waals surface area contributed by atoms with E-state index in [0.717, 1.165) is 15.6 Å². The fourth-order valence-corrected chi connectivity index (χ4v) is 3.32. The Labute approximate surface area is 132 Å². The van der Waals surface area contributed by atoms with Gasteiger partial charge in [-0.25, -0.2) is 0 Å². The van der Waals surface area contributed by atoms with E-state index < -0.39 is 0 Å². The molecule has 19 heavy (non-hydrogen) atoms. The van der Waals surface area contributed by atoms with Gasteiger partial charge in [-0.15, -0.1) is 0 Å². The summed E-state index contributed by atoms with van der Waals surface area (Å²) in [5.74, 6) is 0. The monoisotopic (exact) mass is 357 g/mol. The van der Waals surface area contributed by atoms with Crippen molar-refractivity contribution in [3.63, 3.8) is 0 Å². The molecular weight excluding hydrogens is 345 g/mol. The molecule has 0 fully saturated rings. The van der Waals surface area contributed by atoms with Crippen molar-refractivity contribution in [3.05, 3.63) is 67.6 Å². The lowest BCUT2D eigenvalue weighted by molar-refractivity contribution is 0.689. The van der Waals surface area contributed by atoms with E-state index in [9.17, 15) is 0 Å². The van der Waals surface area contributed by atoms with Crippen LogP contribution in [0.25, 0.3) is 0 Å². The van der Waals surface area contributed by atoms with Crippen LogP contribution < -0.4 is 5.32 Å². The van der Waals surface area contributed by atoms with Crippen LogP contribution in [0.1, 0.15) is 22.7 Å². The molecule has 2 aromatic rings. The van der Waals surface area contributed by atoms with Crippen LogP contribution in [0, 0.1) is 6.92 Å². The van der Waals surface area contributed by atoms with Gasteiger partial charge in [0.2, 0.25) is 0 Å². The Morgan fingerprint density at radius 1 is 1.05 bits per heavy atom. The number of hydrogen-bond donors (Lipinski definition) is 1. The summed E-state index contributed by atoms with van der Waals surface area (Å²) < 4.78 is 1.07. The van der Waals surface area contributed by atoms with E-state index >= 15 is 0 Å². The van der Waals surface area contributed by atoms with Crippen LogP contribution >= 0.6 is 39.1 Å². The SMILES string of the molecule is CNC(c1ccc(Cl)cc1Cl)c1ccc(C)cc1Br. The Kier molecular flexibility index (Phi) is 4.91. The van der Waals surface area contributed by atoms with Gasteiger partial charge in [-0.2, -0.15) is 0 Å². The van der Waals surface area contributed by atoms with E-state index in [-0.39, 0.29) is 6.04 Å². The summed E-state index contributed by atoms with van der Waals surface area (Å²) in [5.41, 5.74) is 3.38. The van der Waals surface area contributed by atoms with Gasteiger partial charge in [0.25, 0.3) is 0 Å². The van der Waals surface area contributed by atoms with E-state index in [4.69, 9.17) is 23.2 Å². The Bertz CT molecular complexity index is 547. The minimum absolute atomic E-state index is 0.0275. The van der Waals surface area contributed by atoms with Crippen LogP contribution in [-0.4, -0.2) is 7.05 Å². The van der Waals surface area contributed by atoms with Crippen LogP contribution in [0.3, 0.4) is 0 Å². The first-order valence-electron chi connectivity index (χ1n) is 5.91. The smallest absolute Gasteiger partial charge is 0.0600 e. The minimum Gasteiger partial charge on any atom is -0.309 e. The number of halogens is 3. The van der Waals surface area contributed by atoms with Gasteiger partial charge < -0.3 is 5.32 Å². The molecule has 4 heteroatoms. The highest BCUT2D eigenvalue weighted by Crippen LogP contribution is 2.33. The van der Waals surface area contributed by atoms with Gasteiger partial charge in [-0.05, 0) is 48.9 Å². The standard InChI is InChI=1S/C15H14BrCl2N/c1-9-3-5-11(13(16)7-9)15(19-2)12-6-4-10(17)8-14(12)18/h3-8,15,19H,1-2H3. The second-order valence-electron chi connectivity index (χ2n) is 4.41. The van der Waals surface area contributed by atoms with Crippen molar-refractivity contribution in [2.24, 2.45) is 0 Å². The molecule has 0 aromatic heterocycles. The van der Waals surface area contributed by atoms with Crippen molar-refractivity contribution in [1.29, 1.82) is 0 Å². The second-order valence-corrected chi connectivity index (χ2v) is 6.11. The van der Waals surface area contributed by atoms with Crippen molar-refractivity contribution >= 4 is 39.1 Å². The van der Waals surface area contributed by atoms with Crippen LogP contribution in [0.5, 0.6) is 0 Å².